The van der Waals surface area contributed by atoms with Crippen LogP contribution in [0.1, 0.15) is 21.5 Å². The van der Waals surface area contributed by atoms with E-state index in [9.17, 15) is 9.59 Å². The third-order valence-corrected chi connectivity index (χ3v) is 6.30. The smallest absolute Gasteiger partial charge is 0.338 e. The van der Waals surface area contributed by atoms with Gasteiger partial charge in [0.1, 0.15) is 4.38 Å². The Morgan fingerprint density at radius 2 is 2.00 bits per heavy atom. The van der Waals surface area contributed by atoms with Gasteiger partial charge < -0.3 is 10.1 Å². The maximum absolute atomic E-state index is 12.5. The number of hydrogen-bond donors (Lipinski definition) is 1. The van der Waals surface area contributed by atoms with Gasteiger partial charge in [0.05, 0.1) is 24.6 Å². The van der Waals surface area contributed by atoms with E-state index < -0.39 is 11.9 Å². The van der Waals surface area contributed by atoms with Crippen LogP contribution >= 0.6 is 23.5 Å². The van der Waals surface area contributed by atoms with Crippen LogP contribution in [0.25, 0.3) is 0 Å². The first kappa shape index (κ1) is 21.0. The summed E-state index contributed by atoms with van der Waals surface area (Å²) in [5, 5.41) is 11.4. The Labute approximate surface area is 177 Å². The lowest BCUT2D eigenvalue weighted by molar-refractivity contribution is -0.119. The topological polar surface area (TPSA) is 91.5 Å². The highest BCUT2D eigenvalue weighted by atomic mass is 32.2. The second kappa shape index (κ2) is 10.7. The summed E-state index contributed by atoms with van der Waals surface area (Å²) in [6.07, 6.45) is 0.315. The van der Waals surface area contributed by atoms with E-state index in [4.69, 9.17) is 10.00 Å². The van der Waals surface area contributed by atoms with Gasteiger partial charge in [0.15, 0.2) is 6.61 Å². The number of amides is 1. The molecule has 1 aliphatic heterocycles. The Morgan fingerprint density at radius 1 is 1.21 bits per heavy atom. The van der Waals surface area contributed by atoms with Crippen LogP contribution in [0.15, 0.2) is 53.5 Å². The number of nitrogens with zero attached hydrogens (tertiary/aromatic N) is 2. The lowest BCUT2D eigenvalue weighted by atomic mass is 10.1. The molecule has 6 nitrogen and oxygen atoms in total. The summed E-state index contributed by atoms with van der Waals surface area (Å²) in [5.41, 5.74) is 2.76. The van der Waals surface area contributed by atoms with Gasteiger partial charge in [-0.05, 0) is 29.3 Å². The van der Waals surface area contributed by atoms with Gasteiger partial charge >= 0.3 is 5.97 Å². The van der Waals surface area contributed by atoms with Gasteiger partial charge in [-0.25, -0.2) is 4.79 Å². The molecular weight excluding hydrogens is 406 g/mol. The number of thioether (sulfide) groups is 2. The molecule has 2 aromatic carbocycles. The third-order valence-electron chi connectivity index (χ3n) is 4.00. The molecule has 8 heteroatoms. The summed E-state index contributed by atoms with van der Waals surface area (Å²) in [4.78, 5) is 28.9. The number of hydrogen-bond acceptors (Lipinski definition) is 7. The summed E-state index contributed by atoms with van der Waals surface area (Å²) in [5.74, 6) is 0.678. The molecule has 3 rings (SSSR count). The molecule has 1 aliphatic rings. The van der Waals surface area contributed by atoms with E-state index in [0.29, 0.717) is 23.4 Å². The minimum atomic E-state index is -0.526. The molecule has 0 aromatic heterocycles. The van der Waals surface area contributed by atoms with Crippen molar-refractivity contribution in [3.8, 4) is 6.07 Å². The second-order valence-electron chi connectivity index (χ2n) is 6.10. The number of rotatable bonds is 7. The summed E-state index contributed by atoms with van der Waals surface area (Å²) in [6, 6.07) is 16.3. The van der Waals surface area contributed by atoms with Crippen molar-refractivity contribution in [3.63, 3.8) is 0 Å². The van der Waals surface area contributed by atoms with Gasteiger partial charge in [-0.2, -0.15) is 5.26 Å². The number of nitrogens with one attached hydrogen (secondary N) is 1. The van der Waals surface area contributed by atoms with Crippen molar-refractivity contribution in [2.24, 2.45) is 4.99 Å². The highest BCUT2D eigenvalue weighted by Crippen LogP contribution is 2.26. The quantitative estimate of drug-likeness (QED) is 0.677. The molecule has 1 heterocycles. The number of benzene rings is 2. The second-order valence-corrected chi connectivity index (χ2v) is 8.40. The number of anilines is 1. The van der Waals surface area contributed by atoms with Crippen LogP contribution in [0.4, 0.5) is 5.69 Å². The molecule has 0 saturated carbocycles. The molecule has 1 N–H and O–H groups in total. The van der Waals surface area contributed by atoms with Crippen LogP contribution in [-0.4, -0.2) is 35.2 Å². The number of aliphatic imine (C=N–C) groups is 1. The van der Waals surface area contributed by atoms with Crippen LogP contribution in [0.5, 0.6) is 0 Å². The van der Waals surface area contributed by atoms with Gasteiger partial charge in [0.25, 0.3) is 5.91 Å². The first-order chi connectivity index (χ1) is 14.2. The SMILES string of the molecule is N#CCc1ccc(NC(=O)COC(=O)c2ccccc2CSC2=NCCS2)cc1. The van der Waals surface area contributed by atoms with Crippen molar-refractivity contribution in [3.05, 3.63) is 65.2 Å². The molecule has 1 amide bonds. The summed E-state index contributed by atoms with van der Waals surface area (Å²) < 4.78 is 6.23. The minimum absolute atomic E-state index is 0.315. The lowest BCUT2D eigenvalue weighted by Crippen LogP contribution is -2.21. The van der Waals surface area contributed by atoms with Crippen LogP contribution in [0.3, 0.4) is 0 Å². The number of carbonyl (C=O) groups is 2. The van der Waals surface area contributed by atoms with Crippen LogP contribution in [0.2, 0.25) is 0 Å². The average Bonchev–Trinajstić information content (AvgIpc) is 3.26. The predicted octanol–water partition coefficient (Wildman–Crippen LogP) is 3.88. The third kappa shape index (κ3) is 6.38. The van der Waals surface area contributed by atoms with E-state index in [0.717, 1.165) is 27.8 Å². The predicted molar refractivity (Wildman–Crippen MR) is 117 cm³/mol. The zero-order valence-corrected chi connectivity index (χ0v) is 17.2. The van der Waals surface area contributed by atoms with Crippen molar-refractivity contribution in [2.45, 2.75) is 12.2 Å². The van der Waals surface area contributed by atoms with E-state index in [1.807, 2.05) is 12.1 Å². The zero-order valence-electron chi connectivity index (χ0n) is 15.6. The monoisotopic (exact) mass is 425 g/mol. The van der Waals surface area contributed by atoms with E-state index in [1.54, 1.807) is 59.9 Å². The fraction of sp³-hybridized carbons (Fsp3) is 0.238. The molecule has 0 fully saturated rings. The molecule has 0 spiro atoms. The molecule has 0 unspecified atom stereocenters. The fourth-order valence-corrected chi connectivity index (χ4v) is 4.60. The number of carbonyl (C=O) groups excluding carboxylic acids is 2. The van der Waals surface area contributed by atoms with Gasteiger partial charge in [0.2, 0.25) is 0 Å². The van der Waals surface area contributed by atoms with Gasteiger partial charge in [-0.1, -0.05) is 53.9 Å². The van der Waals surface area contributed by atoms with Crippen molar-refractivity contribution >= 4 is 45.5 Å². The first-order valence-electron chi connectivity index (χ1n) is 8.96. The van der Waals surface area contributed by atoms with E-state index in [1.165, 1.54) is 0 Å². The Hall–Kier alpha value is -2.76. The van der Waals surface area contributed by atoms with E-state index in [-0.39, 0.29) is 6.61 Å². The maximum atomic E-state index is 12.5. The van der Waals surface area contributed by atoms with E-state index in [2.05, 4.69) is 16.4 Å². The van der Waals surface area contributed by atoms with Crippen LogP contribution in [0, 0.1) is 11.3 Å². The van der Waals surface area contributed by atoms with Crippen molar-refractivity contribution in [2.75, 3.05) is 24.2 Å². The Balaban J connectivity index is 1.52. The Morgan fingerprint density at radius 3 is 2.72 bits per heavy atom. The molecule has 148 valence electrons. The summed E-state index contributed by atoms with van der Waals surface area (Å²) in [7, 11) is 0. The number of nitriles is 1. The van der Waals surface area contributed by atoms with Gasteiger partial charge in [-0.15, -0.1) is 0 Å². The summed E-state index contributed by atoms with van der Waals surface area (Å²) >= 11 is 3.33. The molecule has 0 atom stereocenters. The average molecular weight is 426 g/mol. The molecule has 0 saturated heterocycles. The molecule has 0 aliphatic carbocycles. The van der Waals surface area contributed by atoms with Crippen molar-refractivity contribution < 1.29 is 14.3 Å². The number of esters is 1. The van der Waals surface area contributed by atoms with Crippen LogP contribution < -0.4 is 5.32 Å². The highest BCUT2D eigenvalue weighted by molar-refractivity contribution is 8.38. The largest absolute Gasteiger partial charge is 0.452 e. The molecule has 0 radical (unpaired) electrons. The van der Waals surface area contributed by atoms with Crippen molar-refractivity contribution in [1.29, 1.82) is 5.26 Å². The Kier molecular flexibility index (Phi) is 7.73. The number of ether oxygens (including phenoxy) is 1. The highest BCUT2D eigenvalue weighted by Gasteiger charge is 2.16. The summed E-state index contributed by atoms with van der Waals surface area (Å²) in [6.45, 7) is 0.468. The molecule has 2 aromatic rings. The minimum Gasteiger partial charge on any atom is -0.452 e. The van der Waals surface area contributed by atoms with Crippen molar-refractivity contribution in [1.82, 2.24) is 0 Å². The fourth-order valence-electron chi connectivity index (χ4n) is 2.59. The molecular formula is C21H19N3O3S2. The first-order valence-corrected chi connectivity index (χ1v) is 10.9. The Bertz CT molecular complexity index is 952. The van der Waals surface area contributed by atoms with Crippen LogP contribution in [-0.2, 0) is 21.7 Å². The maximum Gasteiger partial charge on any atom is 0.338 e. The van der Waals surface area contributed by atoms with Gasteiger partial charge in [0, 0.05) is 17.2 Å². The van der Waals surface area contributed by atoms with E-state index >= 15 is 0 Å². The lowest BCUT2D eigenvalue weighted by Gasteiger charge is -2.10. The zero-order chi connectivity index (χ0) is 20.5. The standard InChI is InChI=1S/C21H19N3O3S2/c22-10-9-15-5-7-17(8-6-15)24-19(25)13-27-20(26)18-4-2-1-3-16(18)14-29-21-23-11-12-28-21/h1-8H,9,11-14H2,(H,24,25). The van der Waals surface area contributed by atoms with Gasteiger partial charge in [-0.3, -0.25) is 9.79 Å². The molecule has 0 bridgehead atoms. The normalized spacial score (nSPS) is 12.7. The molecule has 29 heavy (non-hydrogen) atoms.